The van der Waals surface area contributed by atoms with Gasteiger partial charge in [0.05, 0.1) is 17.7 Å². The molecule has 1 heterocycles. The predicted octanol–water partition coefficient (Wildman–Crippen LogP) is 3.03. The lowest BCUT2D eigenvalue weighted by Crippen LogP contribution is -2.50. The number of ether oxygens (including phenoxy) is 1. The van der Waals surface area contributed by atoms with Gasteiger partial charge in [0.1, 0.15) is 12.4 Å². The Kier molecular flexibility index (Phi) is 8.48. The molecular weight excluding hydrogens is 476 g/mol. The smallest absolute Gasteiger partial charge is 0.254 e. The quantitative estimate of drug-likeness (QED) is 0.356. The predicted molar refractivity (Wildman–Crippen MR) is 139 cm³/mol. The summed E-state index contributed by atoms with van der Waals surface area (Å²) in [6, 6.07) is 24.2. The molecule has 4 rings (SSSR count). The van der Waals surface area contributed by atoms with E-state index in [1.807, 2.05) is 66.4 Å². The number of hydrogen-bond donors (Lipinski definition) is 1. The van der Waals surface area contributed by atoms with Crippen LogP contribution in [0.3, 0.4) is 0 Å². The first-order valence-electron chi connectivity index (χ1n) is 11.8. The van der Waals surface area contributed by atoms with E-state index < -0.39 is 10.0 Å². The molecule has 9 heteroatoms. The normalized spacial score (nSPS) is 15.1. The molecule has 1 aliphatic heterocycles. The van der Waals surface area contributed by atoms with Gasteiger partial charge in [-0.3, -0.25) is 9.69 Å². The third kappa shape index (κ3) is 7.00. The van der Waals surface area contributed by atoms with Crippen LogP contribution < -0.4 is 10.2 Å². The van der Waals surface area contributed by atoms with Gasteiger partial charge in [-0.25, -0.2) is 13.8 Å². The van der Waals surface area contributed by atoms with Crippen LogP contribution in [0.25, 0.3) is 0 Å². The summed E-state index contributed by atoms with van der Waals surface area (Å²) in [6.07, 6.45) is 1.57. The van der Waals surface area contributed by atoms with Gasteiger partial charge in [0.2, 0.25) is 10.0 Å². The first-order chi connectivity index (χ1) is 17.4. The van der Waals surface area contributed by atoms with Crippen LogP contribution in [-0.2, 0) is 21.4 Å². The van der Waals surface area contributed by atoms with E-state index >= 15 is 0 Å². The Morgan fingerprint density at radius 1 is 0.972 bits per heavy atom. The van der Waals surface area contributed by atoms with Gasteiger partial charge in [0, 0.05) is 26.2 Å². The molecule has 1 fully saturated rings. The number of carbonyl (C=O) groups excluding carboxylic acids is 1. The van der Waals surface area contributed by atoms with Crippen molar-refractivity contribution in [3.8, 4) is 5.75 Å². The lowest BCUT2D eigenvalue weighted by atomic mass is 10.2. The third-order valence-corrected chi connectivity index (χ3v) is 7.78. The molecule has 1 saturated heterocycles. The summed E-state index contributed by atoms with van der Waals surface area (Å²) in [7, 11) is -3.53. The van der Waals surface area contributed by atoms with Crippen molar-refractivity contribution in [2.75, 3.05) is 32.7 Å². The molecule has 0 radical (unpaired) electrons. The Morgan fingerprint density at radius 2 is 1.69 bits per heavy atom. The van der Waals surface area contributed by atoms with E-state index in [0.717, 1.165) is 16.7 Å². The number of hydrazone groups is 1. The summed E-state index contributed by atoms with van der Waals surface area (Å²) < 4.78 is 33.0. The van der Waals surface area contributed by atoms with Crippen molar-refractivity contribution in [3.63, 3.8) is 0 Å². The van der Waals surface area contributed by atoms with Crippen LogP contribution in [0, 0.1) is 6.92 Å². The number of rotatable bonds is 9. The number of carbonyl (C=O) groups is 1. The van der Waals surface area contributed by atoms with E-state index in [2.05, 4.69) is 10.5 Å². The Labute approximate surface area is 212 Å². The van der Waals surface area contributed by atoms with Crippen molar-refractivity contribution < 1.29 is 17.9 Å². The molecule has 0 aliphatic carbocycles. The molecule has 36 heavy (non-hydrogen) atoms. The summed E-state index contributed by atoms with van der Waals surface area (Å²) in [6.45, 7) is 4.16. The highest BCUT2D eigenvalue weighted by Gasteiger charge is 2.28. The second-order valence-electron chi connectivity index (χ2n) is 8.63. The highest BCUT2D eigenvalue weighted by atomic mass is 32.2. The van der Waals surface area contributed by atoms with Crippen LogP contribution in [0.4, 0.5) is 0 Å². The SMILES string of the molecule is Cc1ccc(S(=O)(=O)N2CCN(CC(=O)N/N=C/c3cccc(OCc4ccccc4)c3)CC2)cc1. The van der Waals surface area contributed by atoms with Gasteiger partial charge in [-0.05, 0) is 42.3 Å². The number of benzene rings is 3. The highest BCUT2D eigenvalue weighted by Crippen LogP contribution is 2.18. The van der Waals surface area contributed by atoms with E-state index in [-0.39, 0.29) is 12.5 Å². The van der Waals surface area contributed by atoms with Gasteiger partial charge in [0.15, 0.2) is 0 Å². The average molecular weight is 507 g/mol. The summed E-state index contributed by atoms with van der Waals surface area (Å²) in [5.74, 6) is 0.463. The number of nitrogens with one attached hydrogen (secondary N) is 1. The fourth-order valence-corrected chi connectivity index (χ4v) is 5.25. The summed E-state index contributed by atoms with van der Waals surface area (Å²) in [4.78, 5) is 14.6. The second kappa shape index (κ2) is 11.9. The molecule has 1 N–H and O–H groups in total. The van der Waals surface area contributed by atoms with E-state index in [0.29, 0.717) is 43.4 Å². The summed E-state index contributed by atoms with van der Waals surface area (Å²) >= 11 is 0. The summed E-state index contributed by atoms with van der Waals surface area (Å²) in [5.41, 5.74) is 5.44. The van der Waals surface area contributed by atoms with Gasteiger partial charge in [-0.2, -0.15) is 9.41 Å². The number of piperazine rings is 1. The van der Waals surface area contributed by atoms with Crippen LogP contribution >= 0.6 is 0 Å². The largest absolute Gasteiger partial charge is 0.489 e. The zero-order valence-corrected chi connectivity index (χ0v) is 21.0. The highest BCUT2D eigenvalue weighted by molar-refractivity contribution is 7.89. The van der Waals surface area contributed by atoms with E-state index in [1.54, 1.807) is 30.5 Å². The Balaban J connectivity index is 1.22. The lowest BCUT2D eigenvalue weighted by Gasteiger charge is -2.33. The van der Waals surface area contributed by atoms with Gasteiger partial charge in [0.25, 0.3) is 5.91 Å². The van der Waals surface area contributed by atoms with Crippen molar-refractivity contribution in [2.45, 2.75) is 18.4 Å². The average Bonchev–Trinajstić information content (AvgIpc) is 2.89. The molecule has 0 atom stereocenters. The molecule has 3 aromatic rings. The molecule has 3 aromatic carbocycles. The molecule has 0 bridgehead atoms. The summed E-state index contributed by atoms with van der Waals surface area (Å²) in [5, 5.41) is 4.05. The van der Waals surface area contributed by atoms with Crippen LogP contribution in [-0.4, -0.2) is 62.5 Å². The fraction of sp³-hybridized carbons (Fsp3) is 0.259. The van der Waals surface area contributed by atoms with Gasteiger partial charge in [-0.15, -0.1) is 0 Å². The number of nitrogens with zero attached hydrogens (tertiary/aromatic N) is 3. The van der Waals surface area contributed by atoms with Crippen molar-refractivity contribution in [1.82, 2.24) is 14.6 Å². The maximum Gasteiger partial charge on any atom is 0.254 e. The maximum absolute atomic E-state index is 12.8. The zero-order valence-electron chi connectivity index (χ0n) is 20.2. The van der Waals surface area contributed by atoms with Crippen LogP contribution in [0.1, 0.15) is 16.7 Å². The maximum atomic E-state index is 12.8. The molecule has 0 unspecified atom stereocenters. The first-order valence-corrected chi connectivity index (χ1v) is 13.2. The Bertz CT molecular complexity index is 1290. The van der Waals surface area contributed by atoms with Crippen molar-refractivity contribution in [2.24, 2.45) is 5.10 Å². The molecule has 1 aliphatic rings. The van der Waals surface area contributed by atoms with Gasteiger partial charge >= 0.3 is 0 Å². The van der Waals surface area contributed by atoms with E-state index in [4.69, 9.17) is 4.74 Å². The number of sulfonamides is 1. The Morgan fingerprint density at radius 3 is 2.42 bits per heavy atom. The molecule has 0 saturated carbocycles. The zero-order chi connectivity index (χ0) is 25.4. The third-order valence-electron chi connectivity index (χ3n) is 5.87. The van der Waals surface area contributed by atoms with Crippen LogP contribution in [0.5, 0.6) is 5.75 Å². The van der Waals surface area contributed by atoms with Crippen molar-refractivity contribution >= 4 is 22.1 Å². The minimum absolute atomic E-state index is 0.149. The minimum atomic E-state index is -3.53. The standard InChI is InChI=1S/C27H30N4O4S/c1-22-10-12-26(13-11-22)36(33,34)31-16-14-30(15-17-31)20-27(32)29-28-19-24-8-5-9-25(18-24)35-21-23-6-3-2-4-7-23/h2-13,18-19H,14-17,20-21H2,1H3,(H,29,32)/b28-19+. The van der Waals surface area contributed by atoms with Gasteiger partial charge < -0.3 is 4.74 Å². The lowest BCUT2D eigenvalue weighted by molar-refractivity contribution is -0.122. The second-order valence-corrected chi connectivity index (χ2v) is 10.6. The van der Waals surface area contributed by atoms with E-state index in [1.165, 1.54) is 4.31 Å². The fourth-order valence-electron chi connectivity index (χ4n) is 3.83. The topological polar surface area (TPSA) is 91.3 Å². The molecular formula is C27H30N4O4S. The van der Waals surface area contributed by atoms with E-state index in [9.17, 15) is 13.2 Å². The molecule has 0 aromatic heterocycles. The van der Waals surface area contributed by atoms with Gasteiger partial charge in [-0.1, -0.05) is 60.2 Å². The van der Waals surface area contributed by atoms with Crippen molar-refractivity contribution in [1.29, 1.82) is 0 Å². The molecule has 188 valence electrons. The number of hydrogen-bond acceptors (Lipinski definition) is 6. The molecule has 1 amide bonds. The number of amides is 1. The Hall–Kier alpha value is -3.53. The molecule has 8 nitrogen and oxygen atoms in total. The van der Waals surface area contributed by atoms with Crippen LogP contribution in [0.2, 0.25) is 0 Å². The minimum Gasteiger partial charge on any atom is -0.489 e. The molecule has 0 spiro atoms. The number of aryl methyl sites for hydroxylation is 1. The monoisotopic (exact) mass is 506 g/mol. The van der Waals surface area contributed by atoms with Crippen LogP contribution in [0.15, 0.2) is 88.9 Å². The first kappa shape index (κ1) is 25.6. The van der Waals surface area contributed by atoms with Crippen molar-refractivity contribution in [3.05, 3.63) is 95.6 Å².